The average molecular weight is 337 g/mol. The Bertz CT molecular complexity index is 745. The lowest BCUT2D eigenvalue weighted by atomic mass is 10.1. The molecule has 2 aromatic carbocycles. The highest BCUT2D eigenvalue weighted by molar-refractivity contribution is 8.00. The van der Waals surface area contributed by atoms with Crippen LogP contribution in [0.15, 0.2) is 48.5 Å². The molecule has 0 bridgehead atoms. The van der Waals surface area contributed by atoms with Gasteiger partial charge in [-0.3, -0.25) is 9.69 Å². The zero-order valence-electron chi connectivity index (χ0n) is 12.3. The number of aryl methyl sites for hydroxylation is 1. The van der Waals surface area contributed by atoms with Crippen LogP contribution in [-0.2, 0) is 11.0 Å². The molecule has 1 aliphatic heterocycles. The van der Waals surface area contributed by atoms with Crippen molar-refractivity contribution in [2.45, 2.75) is 18.5 Å². The average Bonchev–Trinajstić information content (AvgIpc) is 2.88. The molecule has 0 radical (unpaired) electrons. The van der Waals surface area contributed by atoms with Crippen LogP contribution in [0.1, 0.15) is 22.1 Å². The predicted molar refractivity (Wildman–Crippen MR) is 85.3 cm³/mol. The summed E-state index contributed by atoms with van der Waals surface area (Å²) in [5.74, 6) is 0.164. The molecule has 1 unspecified atom stereocenters. The van der Waals surface area contributed by atoms with E-state index in [1.165, 1.54) is 17.8 Å². The van der Waals surface area contributed by atoms with Crippen molar-refractivity contribution >= 4 is 23.4 Å². The number of carbonyl (C=O) groups excluding carboxylic acids is 1. The summed E-state index contributed by atoms with van der Waals surface area (Å²) in [5, 5.41) is -0.438. The summed E-state index contributed by atoms with van der Waals surface area (Å²) in [5.41, 5.74) is 1.49. The topological polar surface area (TPSA) is 20.3 Å². The molecule has 23 heavy (non-hydrogen) atoms. The van der Waals surface area contributed by atoms with Crippen LogP contribution in [0.4, 0.5) is 18.9 Å². The first-order chi connectivity index (χ1) is 10.9. The van der Waals surface area contributed by atoms with E-state index in [0.29, 0.717) is 11.3 Å². The van der Waals surface area contributed by atoms with Crippen molar-refractivity contribution in [1.29, 1.82) is 0 Å². The van der Waals surface area contributed by atoms with Gasteiger partial charge in [0.15, 0.2) is 0 Å². The molecule has 0 spiro atoms. The fourth-order valence-electron chi connectivity index (χ4n) is 2.60. The highest BCUT2D eigenvalue weighted by Crippen LogP contribution is 2.43. The minimum Gasteiger partial charge on any atom is -0.295 e. The molecule has 1 heterocycles. The minimum absolute atomic E-state index is 0.0944. The number of thioether (sulfide) groups is 1. The maximum absolute atomic E-state index is 12.9. The molecular formula is C17H14F3NOS. The van der Waals surface area contributed by atoms with Crippen LogP contribution in [0.2, 0.25) is 0 Å². The van der Waals surface area contributed by atoms with E-state index in [1.807, 2.05) is 25.1 Å². The normalized spacial score (nSPS) is 18.5. The third-order valence-electron chi connectivity index (χ3n) is 3.65. The first kappa shape index (κ1) is 15.9. The summed E-state index contributed by atoms with van der Waals surface area (Å²) in [6, 6.07) is 12.6. The third-order valence-corrected chi connectivity index (χ3v) is 4.86. The lowest BCUT2D eigenvalue weighted by Gasteiger charge is -2.25. The van der Waals surface area contributed by atoms with Crippen molar-refractivity contribution in [3.8, 4) is 0 Å². The zero-order chi connectivity index (χ0) is 16.6. The van der Waals surface area contributed by atoms with E-state index in [9.17, 15) is 18.0 Å². The highest BCUT2D eigenvalue weighted by atomic mass is 32.2. The van der Waals surface area contributed by atoms with Gasteiger partial charge < -0.3 is 0 Å². The fourth-order valence-corrected chi connectivity index (χ4v) is 3.76. The van der Waals surface area contributed by atoms with Crippen LogP contribution in [0.5, 0.6) is 0 Å². The number of benzene rings is 2. The van der Waals surface area contributed by atoms with Gasteiger partial charge in [-0.25, -0.2) is 0 Å². The summed E-state index contributed by atoms with van der Waals surface area (Å²) in [7, 11) is 0. The number of hydrogen-bond donors (Lipinski definition) is 0. The van der Waals surface area contributed by atoms with Crippen LogP contribution in [0.3, 0.4) is 0 Å². The largest absolute Gasteiger partial charge is 0.416 e. The van der Waals surface area contributed by atoms with Crippen LogP contribution in [0.25, 0.3) is 0 Å². The highest BCUT2D eigenvalue weighted by Gasteiger charge is 2.36. The number of amides is 1. The van der Waals surface area contributed by atoms with Gasteiger partial charge in [-0.15, -0.1) is 11.8 Å². The van der Waals surface area contributed by atoms with Gasteiger partial charge in [-0.1, -0.05) is 24.3 Å². The van der Waals surface area contributed by atoms with E-state index in [-0.39, 0.29) is 11.7 Å². The van der Waals surface area contributed by atoms with Gasteiger partial charge in [-0.2, -0.15) is 13.2 Å². The Morgan fingerprint density at radius 3 is 2.57 bits per heavy atom. The Hall–Kier alpha value is -1.95. The van der Waals surface area contributed by atoms with Crippen LogP contribution in [0, 0.1) is 6.92 Å². The van der Waals surface area contributed by atoms with Crippen molar-refractivity contribution in [2.24, 2.45) is 0 Å². The van der Waals surface area contributed by atoms with E-state index in [4.69, 9.17) is 0 Å². The molecule has 3 rings (SSSR count). The summed E-state index contributed by atoms with van der Waals surface area (Å²) >= 11 is 1.34. The Kier molecular flexibility index (Phi) is 4.10. The molecule has 0 saturated carbocycles. The molecule has 2 nitrogen and oxygen atoms in total. The zero-order valence-corrected chi connectivity index (χ0v) is 13.1. The summed E-state index contributed by atoms with van der Waals surface area (Å²) in [4.78, 5) is 13.8. The molecule has 1 fully saturated rings. The van der Waals surface area contributed by atoms with E-state index in [2.05, 4.69) is 0 Å². The Morgan fingerprint density at radius 2 is 1.87 bits per heavy atom. The standard InChI is InChI=1S/C17H14F3NOS/c1-11-4-2-7-14(8-11)21-15(22)10-23-16(21)12-5-3-6-13(9-12)17(18,19)20/h2-9,16H,10H2,1H3. The Morgan fingerprint density at radius 1 is 1.13 bits per heavy atom. The summed E-state index contributed by atoms with van der Waals surface area (Å²) < 4.78 is 38.8. The van der Waals surface area contributed by atoms with Crippen LogP contribution >= 0.6 is 11.8 Å². The molecule has 120 valence electrons. The molecule has 1 saturated heterocycles. The van der Waals surface area contributed by atoms with Crippen molar-refractivity contribution < 1.29 is 18.0 Å². The van der Waals surface area contributed by atoms with Crippen molar-refractivity contribution in [3.63, 3.8) is 0 Å². The minimum atomic E-state index is -4.39. The monoisotopic (exact) mass is 337 g/mol. The molecule has 1 amide bonds. The lowest BCUT2D eigenvalue weighted by molar-refractivity contribution is -0.137. The molecule has 0 N–H and O–H groups in total. The fraction of sp³-hybridized carbons (Fsp3) is 0.235. The molecule has 0 aromatic heterocycles. The number of carbonyl (C=O) groups is 1. The van der Waals surface area contributed by atoms with Crippen molar-refractivity contribution in [3.05, 3.63) is 65.2 Å². The van der Waals surface area contributed by atoms with E-state index >= 15 is 0 Å². The van der Waals surface area contributed by atoms with E-state index < -0.39 is 17.1 Å². The van der Waals surface area contributed by atoms with Gasteiger partial charge >= 0.3 is 6.18 Å². The third kappa shape index (κ3) is 3.22. The number of rotatable bonds is 2. The SMILES string of the molecule is Cc1cccc(N2C(=O)CSC2c2cccc(C(F)(F)F)c2)c1. The van der Waals surface area contributed by atoms with Crippen molar-refractivity contribution in [1.82, 2.24) is 0 Å². The van der Waals surface area contributed by atoms with Gasteiger partial charge in [0, 0.05) is 5.69 Å². The second-order valence-corrected chi connectivity index (χ2v) is 6.46. The second-order valence-electron chi connectivity index (χ2n) is 5.39. The lowest BCUT2D eigenvalue weighted by Crippen LogP contribution is -2.28. The first-order valence-electron chi connectivity index (χ1n) is 7.04. The first-order valence-corrected chi connectivity index (χ1v) is 8.08. The van der Waals surface area contributed by atoms with Crippen molar-refractivity contribution in [2.75, 3.05) is 10.7 Å². The van der Waals surface area contributed by atoms with Gasteiger partial charge in [-0.05, 0) is 42.3 Å². The van der Waals surface area contributed by atoms with E-state index in [1.54, 1.807) is 17.0 Å². The Labute approximate surface area is 136 Å². The number of hydrogen-bond acceptors (Lipinski definition) is 2. The number of halogens is 3. The molecule has 1 aliphatic rings. The van der Waals surface area contributed by atoms with Gasteiger partial charge in [0.1, 0.15) is 5.37 Å². The number of alkyl halides is 3. The molecule has 2 aromatic rings. The number of anilines is 1. The molecule has 0 aliphatic carbocycles. The van der Waals surface area contributed by atoms with E-state index in [0.717, 1.165) is 17.7 Å². The molecule has 1 atom stereocenters. The smallest absolute Gasteiger partial charge is 0.295 e. The molecular weight excluding hydrogens is 323 g/mol. The van der Waals surface area contributed by atoms with Gasteiger partial charge in [0.2, 0.25) is 5.91 Å². The van der Waals surface area contributed by atoms with Gasteiger partial charge in [0.25, 0.3) is 0 Å². The quantitative estimate of drug-likeness (QED) is 0.785. The predicted octanol–water partition coefficient (Wildman–Crippen LogP) is 4.79. The van der Waals surface area contributed by atoms with Crippen LogP contribution in [-0.4, -0.2) is 11.7 Å². The second kappa shape index (κ2) is 5.92. The Balaban J connectivity index is 2.00. The maximum atomic E-state index is 12.9. The van der Waals surface area contributed by atoms with Gasteiger partial charge in [0.05, 0.1) is 11.3 Å². The number of nitrogens with zero attached hydrogens (tertiary/aromatic N) is 1. The molecule has 6 heteroatoms. The summed E-state index contributed by atoms with van der Waals surface area (Å²) in [6.45, 7) is 1.91. The summed E-state index contributed by atoms with van der Waals surface area (Å²) in [6.07, 6.45) is -4.39. The van der Waals surface area contributed by atoms with Crippen LogP contribution < -0.4 is 4.90 Å². The maximum Gasteiger partial charge on any atom is 0.416 e.